The molecule has 4 N–H and O–H groups in total. The monoisotopic (exact) mass is 434 g/mol. The Kier molecular flexibility index (Phi) is 6.11. The number of likely N-dealkylation sites (N-methyl/N-ethyl adjacent to an activating group) is 1. The maximum absolute atomic E-state index is 12.4. The third-order valence-corrected chi connectivity index (χ3v) is 6.25. The number of amides is 1. The fourth-order valence-corrected chi connectivity index (χ4v) is 4.30. The van der Waals surface area contributed by atoms with Crippen LogP contribution in [0.15, 0.2) is 12.1 Å². The lowest BCUT2D eigenvalue weighted by Crippen LogP contribution is -2.57. The van der Waals surface area contributed by atoms with Crippen LogP contribution in [-0.2, 0) is 9.53 Å². The quantitative estimate of drug-likeness (QED) is 0.427. The molecule has 1 aliphatic carbocycles. The summed E-state index contributed by atoms with van der Waals surface area (Å²) >= 11 is 0. The normalized spacial score (nSPS) is 26.3. The number of aromatic hydroxyl groups is 1. The van der Waals surface area contributed by atoms with Gasteiger partial charge in [0, 0.05) is 18.9 Å². The predicted octanol–water partition coefficient (Wildman–Crippen LogP) is -0.269. The second-order valence-corrected chi connectivity index (χ2v) is 8.60. The third-order valence-electron chi connectivity index (χ3n) is 6.25. The number of nitrogens with zero attached hydrogens (tertiary/aromatic N) is 2. The summed E-state index contributed by atoms with van der Waals surface area (Å²) in [4.78, 5) is 27.9. The summed E-state index contributed by atoms with van der Waals surface area (Å²) < 4.78 is 11.4. The van der Waals surface area contributed by atoms with Crippen LogP contribution in [0.25, 0.3) is 0 Å². The van der Waals surface area contributed by atoms with E-state index in [1.807, 2.05) is 7.05 Å². The van der Waals surface area contributed by atoms with E-state index in [4.69, 9.17) is 9.47 Å². The molecule has 2 heterocycles. The fourth-order valence-electron chi connectivity index (χ4n) is 4.30. The summed E-state index contributed by atoms with van der Waals surface area (Å²) in [6, 6.07) is 3.04. The molecule has 3 aliphatic rings. The molecule has 3 fully saturated rings. The van der Waals surface area contributed by atoms with Crippen LogP contribution >= 0.6 is 0 Å². The summed E-state index contributed by atoms with van der Waals surface area (Å²) in [5.41, 5.74) is 0.0183. The van der Waals surface area contributed by atoms with Crippen molar-refractivity contribution in [1.29, 1.82) is 0 Å². The van der Waals surface area contributed by atoms with E-state index in [0.717, 1.165) is 6.54 Å². The average molecular weight is 434 g/mol. The molecule has 3 atom stereocenters. The fraction of sp³-hybridized carbons (Fsp3) is 0.600. The molecule has 1 saturated carbocycles. The van der Waals surface area contributed by atoms with Crippen molar-refractivity contribution in [3.05, 3.63) is 23.3 Å². The van der Waals surface area contributed by atoms with Crippen LogP contribution in [0.3, 0.4) is 0 Å². The molecule has 2 aliphatic heterocycles. The highest BCUT2D eigenvalue weighted by molar-refractivity contribution is 6.44. The SMILES string of the molecule is CN1CCOC(CC(=O)N2CC(Oc3ccc(C4CC4B(O)O)c(O)c3C(=O)O)C2)C1. The summed E-state index contributed by atoms with van der Waals surface area (Å²) in [5.74, 6) is -2.46. The Hall–Kier alpha value is -2.34. The highest BCUT2D eigenvalue weighted by Gasteiger charge is 2.48. The molecular weight excluding hydrogens is 407 g/mol. The van der Waals surface area contributed by atoms with Crippen LogP contribution < -0.4 is 4.74 Å². The number of ether oxygens (including phenoxy) is 2. The molecule has 0 spiro atoms. The number of hydrogen-bond acceptors (Lipinski definition) is 8. The zero-order chi connectivity index (χ0) is 22.3. The molecular formula is C20H27BN2O8. The minimum absolute atomic E-state index is 0.0286. The van der Waals surface area contributed by atoms with Crippen molar-refractivity contribution in [3.63, 3.8) is 0 Å². The van der Waals surface area contributed by atoms with E-state index < -0.39 is 24.7 Å². The van der Waals surface area contributed by atoms with Crippen LogP contribution in [0.4, 0.5) is 0 Å². The standard InChI is InChI=1S/C20H27BN2O8/c1-22-4-5-30-11(8-22)6-17(24)23-9-12(10-23)31-16-3-2-13(14-7-15(14)21(28)29)19(25)18(16)20(26)27/h2-3,11-12,14-15,25,28-29H,4-10H2,1H3,(H,26,27). The lowest BCUT2D eigenvalue weighted by molar-refractivity contribution is -0.144. The minimum Gasteiger partial charge on any atom is -0.507 e. The number of aromatic carboxylic acids is 1. The Morgan fingerprint density at radius 3 is 2.61 bits per heavy atom. The smallest absolute Gasteiger partial charge is 0.455 e. The highest BCUT2D eigenvalue weighted by Crippen LogP contribution is 2.56. The number of carbonyl (C=O) groups excluding carboxylic acids is 1. The zero-order valence-electron chi connectivity index (χ0n) is 17.3. The molecule has 10 nitrogen and oxygen atoms in total. The predicted molar refractivity (Wildman–Crippen MR) is 109 cm³/mol. The van der Waals surface area contributed by atoms with Crippen molar-refractivity contribution < 1.29 is 39.3 Å². The third kappa shape index (κ3) is 4.64. The highest BCUT2D eigenvalue weighted by atomic mass is 16.5. The Bertz CT molecular complexity index is 860. The summed E-state index contributed by atoms with van der Waals surface area (Å²) in [6.07, 6.45) is 0.268. The van der Waals surface area contributed by atoms with E-state index in [-0.39, 0.29) is 35.3 Å². The van der Waals surface area contributed by atoms with Crippen molar-refractivity contribution in [2.75, 3.05) is 39.8 Å². The van der Waals surface area contributed by atoms with Gasteiger partial charge in [-0.25, -0.2) is 4.79 Å². The molecule has 4 rings (SSSR count). The number of rotatable bonds is 7. The van der Waals surface area contributed by atoms with Crippen LogP contribution in [0.1, 0.15) is 34.7 Å². The number of carboxylic acids is 1. The van der Waals surface area contributed by atoms with Gasteiger partial charge in [0.1, 0.15) is 23.2 Å². The van der Waals surface area contributed by atoms with E-state index in [1.54, 1.807) is 11.0 Å². The molecule has 2 saturated heterocycles. The number of morpholine rings is 1. The zero-order valence-corrected chi connectivity index (χ0v) is 17.3. The van der Waals surface area contributed by atoms with Gasteiger partial charge in [0.05, 0.1) is 32.2 Å². The molecule has 168 valence electrons. The van der Waals surface area contributed by atoms with Gasteiger partial charge in [0.25, 0.3) is 0 Å². The number of benzene rings is 1. The van der Waals surface area contributed by atoms with Crippen molar-refractivity contribution >= 4 is 19.0 Å². The van der Waals surface area contributed by atoms with Gasteiger partial charge in [-0.2, -0.15) is 0 Å². The van der Waals surface area contributed by atoms with Gasteiger partial charge in [-0.15, -0.1) is 0 Å². The molecule has 0 radical (unpaired) electrons. The average Bonchev–Trinajstić information content (AvgIpc) is 3.44. The van der Waals surface area contributed by atoms with E-state index in [9.17, 15) is 29.9 Å². The van der Waals surface area contributed by atoms with Crippen molar-refractivity contribution in [3.8, 4) is 11.5 Å². The van der Waals surface area contributed by atoms with Gasteiger partial charge in [0.2, 0.25) is 5.91 Å². The van der Waals surface area contributed by atoms with Crippen LogP contribution in [-0.4, -0.2) is 101 Å². The van der Waals surface area contributed by atoms with E-state index in [2.05, 4.69) is 4.90 Å². The second-order valence-electron chi connectivity index (χ2n) is 8.60. The second kappa shape index (κ2) is 8.66. The number of likely N-dealkylation sites (tertiary alicyclic amines) is 1. The molecule has 3 unspecified atom stereocenters. The largest absolute Gasteiger partial charge is 0.507 e. The molecule has 11 heteroatoms. The number of carbonyl (C=O) groups is 2. The molecule has 1 aromatic rings. The minimum atomic E-state index is -1.51. The Morgan fingerprint density at radius 1 is 1.26 bits per heavy atom. The molecule has 1 aromatic carbocycles. The van der Waals surface area contributed by atoms with Crippen LogP contribution in [0.2, 0.25) is 5.82 Å². The summed E-state index contributed by atoms with van der Waals surface area (Å²) in [5, 5.41) is 38.6. The van der Waals surface area contributed by atoms with Gasteiger partial charge >= 0.3 is 13.1 Å². The van der Waals surface area contributed by atoms with Gasteiger partial charge in [-0.05, 0) is 31.0 Å². The van der Waals surface area contributed by atoms with Gasteiger partial charge in [0.15, 0.2) is 0 Å². The lowest BCUT2D eigenvalue weighted by atomic mass is 9.81. The van der Waals surface area contributed by atoms with E-state index in [0.29, 0.717) is 44.6 Å². The van der Waals surface area contributed by atoms with E-state index in [1.165, 1.54) is 6.07 Å². The van der Waals surface area contributed by atoms with Gasteiger partial charge in [-0.3, -0.25) is 4.79 Å². The Labute approximate surface area is 180 Å². The number of hydrogen-bond donors (Lipinski definition) is 4. The molecule has 1 amide bonds. The van der Waals surface area contributed by atoms with Crippen LogP contribution in [0.5, 0.6) is 11.5 Å². The summed E-state index contributed by atoms with van der Waals surface area (Å²) in [7, 11) is 0.482. The first-order chi connectivity index (χ1) is 14.7. The first-order valence-corrected chi connectivity index (χ1v) is 10.4. The summed E-state index contributed by atoms with van der Waals surface area (Å²) in [6.45, 7) is 2.84. The topological polar surface area (TPSA) is 140 Å². The molecule has 31 heavy (non-hydrogen) atoms. The first kappa shape index (κ1) is 21.9. The Morgan fingerprint density at radius 2 is 2.00 bits per heavy atom. The number of carboxylic acid groups (broad SMARTS) is 1. The molecule has 0 aromatic heterocycles. The first-order valence-electron chi connectivity index (χ1n) is 10.4. The lowest BCUT2D eigenvalue weighted by Gasteiger charge is -2.40. The molecule has 0 bridgehead atoms. The van der Waals surface area contributed by atoms with Gasteiger partial charge in [-0.1, -0.05) is 6.07 Å². The van der Waals surface area contributed by atoms with Crippen molar-refractivity contribution in [2.45, 2.75) is 36.8 Å². The van der Waals surface area contributed by atoms with Gasteiger partial charge < -0.3 is 39.5 Å². The van der Waals surface area contributed by atoms with Crippen molar-refractivity contribution in [2.24, 2.45) is 0 Å². The Balaban J connectivity index is 1.35. The van der Waals surface area contributed by atoms with Crippen LogP contribution in [0, 0.1) is 0 Å². The van der Waals surface area contributed by atoms with Crippen molar-refractivity contribution in [1.82, 2.24) is 9.80 Å². The maximum atomic E-state index is 12.4. The maximum Gasteiger partial charge on any atom is 0.455 e. The number of phenols is 1. The van der Waals surface area contributed by atoms with E-state index >= 15 is 0 Å².